The number of hydrogen-bond donors (Lipinski definition) is 2. The van der Waals surface area contributed by atoms with Crippen LogP contribution in [0.2, 0.25) is 0 Å². The Morgan fingerprint density at radius 3 is 2.60 bits per heavy atom. The highest BCUT2D eigenvalue weighted by Gasteiger charge is 2.43. The Bertz CT molecular complexity index is 250. The van der Waals surface area contributed by atoms with E-state index in [0.717, 1.165) is 39.0 Å². The van der Waals surface area contributed by atoms with Gasteiger partial charge in [-0.25, -0.2) is 0 Å². The number of rotatable bonds is 2. The molecule has 2 N–H and O–H groups in total. The van der Waals surface area contributed by atoms with Crippen LogP contribution in [0.5, 0.6) is 0 Å². The van der Waals surface area contributed by atoms with Gasteiger partial charge < -0.3 is 15.2 Å². The first kappa shape index (κ1) is 10.9. The van der Waals surface area contributed by atoms with Gasteiger partial charge in [0.05, 0.1) is 0 Å². The van der Waals surface area contributed by atoms with Crippen LogP contribution in [0.1, 0.15) is 26.2 Å². The second-order valence-corrected chi connectivity index (χ2v) is 4.93. The molecule has 2 aliphatic rings. The molecule has 86 valence electrons. The van der Waals surface area contributed by atoms with E-state index in [1.807, 2.05) is 0 Å². The van der Waals surface area contributed by atoms with Crippen LogP contribution < -0.4 is 5.32 Å². The van der Waals surface area contributed by atoms with E-state index in [0.29, 0.717) is 11.8 Å². The number of carboxylic acids is 1. The molecule has 0 radical (unpaired) electrons. The largest absolute Gasteiger partial charge is 0.480 e. The van der Waals surface area contributed by atoms with Crippen molar-refractivity contribution in [2.24, 2.45) is 11.8 Å². The molecule has 0 spiro atoms. The minimum atomic E-state index is -0.725. The lowest BCUT2D eigenvalue weighted by atomic mass is 9.82. The van der Waals surface area contributed by atoms with Gasteiger partial charge in [0.2, 0.25) is 0 Å². The van der Waals surface area contributed by atoms with Crippen molar-refractivity contribution in [2.45, 2.75) is 31.7 Å². The fraction of sp³-hybridized carbons (Fsp3) is 0.909. The summed E-state index contributed by atoms with van der Waals surface area (Å²) < 4.78 is 5.32. The maximum atomic E-state index is 11.1. The Morgan fingerprint density at radius 1 is 1.40 bits per heavy atom. The van der Waals surface area contributed by atoms with Crippen molar-refractivity contribution in [1.82, 2.24) is 5.32 Å². The van der Waals surface area contributed by atoms with Gasteiger partial charge in [-0.1, -0.05) is 0 Å². The molecule has 2 rings (SSSR count). The zero-order chi connectivity index (χ0) is 10.9. The van der Waals surface area contributed by atoms with Gasteiger partial charge in [-0.15, -0.1) is 0 Å². The Balaban J connectivity index is 1.94. The average molecular weight is 213 g/mol. The molecule has 2 aliphatic heterocycles. The summed E-state index contributed by atoms with van der Waals surface area (Å²) in [4.78, 5) is 11.1. The number of carboxylic acid groups (broad SMARTS) is 1. The van der Waals surface area contributed by atoms with E-state index in [9.17, 15) is 4.79 Å². The van der Waals surface area contributed by atoms with E-state index in [1.54, 1.807) is 6.92 Å². The monoisotopic (exact) mass is 213 g/mol. The summed E-state index contributed by atoms with van der Waals surface area (Å²) in [5.74, 6) is 0.430. The molecule has 4 nitrogen and oxygen atoms in total. The van der Waals surface area contributed by atoms with Gasteiger partial charge in [0.15, 0.2) is 0 Å². The molecule has 2 saturated heterocycles. The third-order valence-corrected chi connectivity index (χ3v) is 3.83. The second kappa shape index (κ2) is 4.10. The van der Waals surface area contributed by atoms with Crippen LogP contribution in [0.15, 0.2) is 0 Å². The fourth-order valence-electron chi connectivity index (χ4n) is 2.71. The van der Waals surface area contributed by atoms with Crippen molar-refractivity contribution < 1.29 is 14.6 Å². The standard InChI is InChI=1S/C11H19NO3/c1-11(10(13)14)6-9(7-12-11)8-2-4-15-5-3-8/h8-9,12H,2-7H2,1H3,(H,13,14). The van der Waals surface area contributed by atoms with Gasteiger partial charge in [-0.05, 0) is 44.6 Å². The number of hydrogen-bond acceptors (Lipinski definition) is 3. The Hall–Kier alpha value is -0.610. The number of carbonyl (C=O) groups is 1. The zero-order valence-corrected chi connectivity index (χ0v) is 9.16. The molecule has 0 aromatic heterocycles. The van der Waals surface area contributed by atoms with E-state index in [1.165, 1.54) is 0 Å². The molecule has 2 unspecified atom stereocenters. The van der Waals surface area contributed by atoms with Gasteiger partial charge in [0.1, 0.15) is 5.54 Å². The predicted molar refractivity (Wildman–Crippen MR) is 55.7 cm³/mol. The van der Waals surface area contributed by atoms with Crippen LogP contribution in [0, 0.1) is 11.8 Å². The van der Waals surface area contributed by atoms with Crippen molar-refractivity contribution >= 4 is 5.97 Å². The van der Waals surface area contributed by atoms with Gasteiger partial charge in [-0.2, -0.15) is 0 Å². The quantitative estimate of drug-likeness (QED) is 0.714. The third kappa shape index (κ3) is 2.16. The topological polar surface area (TPSA) is 58.6 Å². The Morgan fingerprint density at radius 2 is 2.07 bits per heavy atom. The molecule has 15 heavy (non-hydrogen) atoms. The number of nitrogens with one attached hydrogen (secondary N) is 1. The first-order valence-electron chi connectivity index (χ1n) is 5.68. The summed E-state index contributed by atoms with van der Waals surface area (Å²) in [5, 5.41) is 12.2. The third-order valence-electron chi connectivity index (χ3n) is 3.83. The maximum absolute atomic E-state index is 11.1. The lowest BCUT2D eigenvalue weighted by molar-refractivity contribution is -0.143. The van der Waals surface area contributed by atoms with E-state index in [2.05, 4.69) is 5.32 Å². The highest BCUT2D eigenvalue weighted by atomic mass is 16.5. The van der Waals surface area contributed by atoms with Gasteiger partial charge in [0, 0.05) is 13.2 Å². The van der Waals surface area contributed by atoms with Crippen LogP contribution >= 0.6 is 0 Å². The first-order valence-corrected chi connectivity index (χ1v) is 5.68. The Labute approximate surface area is 90.0 Å². The molecular weight excluding hydrogens is 194 g/mol. The summed E-state index contributed by atoms with van der Waals surface area (Å²) in [5.41, 5.74) is -0.705. The highest BCUT2D eigenvalue weighted by Crippen LogP contribution is 2.34. The van der Waals surface area contributed by atoms with Gasteiger partial charge >= 0.3 is 5.97 Å². The van der Waals surface area contributed by atoms with Crippen LogP contribution in [-0.2, 0) is 9.53 Å². The van der Waals surface area contributed by atoms with Crippen molar-refractivity contribution in [3.8, 4) is 0 Å². The molecular formula is C11H19NO3. The van der Waals surface area contributed by atoms with Crippen molar-refractivity contribution in [2.75, 3.05) is 19.8 Å². The molecule has 2 atom stereocenters. The molecule has 2 heterocycles. The maximum Gasteiger partial charge on any atom is 0.323 e. The summed E-state index contributed by atoms with van der Waals surface area (Å²) in [6, 6.07) is 0. The molecule has 4 heteroatoms. The summed E-state index contributed by atoms with van der Waals surface area (Å²) in [6.45, 7) is 4.30. The van der Waals surface area contributed by atoms with Crippen molar-refractivity contribution in [1.29, 1.82) is 0 Å². The molecule has 0 aromatic carbocycles. The van der Waals surface area contributed by atoms with Crippen LogP contribution in [0.25, 0.3) is 0 Å². The molecule has 0 aliphatic carbocycles. The normalized spacial score (nSPS) is 38.1. The minimum absolute atomic E-state index is 0.509. The van der Waals surface area contributed by atoms with E-state index >= 15 is 0 Å². The van der Waals surface area contributed by atoms with E-state index < -0.39 is 11.5 Å². The van der Waals surface area contributed by atoms with Crippen molar-refractivity contribution in [3.05, 3.63) is 0 Å². The average Bonchev–Trinajstić information content (AvgIpc) is 2.64. The summed E-state index contributed by atoms with van der Waals surface area (Å²) >= 11 is 0. The van der Waals surface area contributed by atoms with E-state index in [4.69, 9.17) is 9.84 Å². The molecule has 0 saturated carbocycles. The smallest absolute Gasteiger partial charge is 0.323 e. The van der Waals surface area contributed by atoms with Gasteiger partial charge in [-0.3, -0.25) is 4.79 Å². The fourth-order valence-corrected chi connectivity index (χ4v) is 2.71. The van der Waals surface area contributed by atoms with E-state index in [-0.39, 0.29) is 0 Å². The predicted octanol–water partition coefficient (Wildman–Crippen LogP) is 0.866. The van der Waals surface area contributed by atoms with Crippen molar-refractivity contribution in [3.63, 3.8) is 0 Å². The molecule has 2 fully saturated rings. The summed E-state index contributed by atoms with van der Waals surface area (Å²) in [7, 11) is 0. The summed E-state index contributed by atoms with van der Waals surface area (Å²) in [6.07, 6.45) is 2.93. The lowest BCUT2D eigenvalue weighted by Gasteiger charge is -2.27. The molecule has 0 aromatic rings. The first-order chi connectivity index (χ1) is 7.12. The van der Waals surface area contributed by atoms with Crippen LogP contribution in [0.3, 0.4) is 0 Å². The van der Waals surface area contributed by atoms with Gasteiger partial charge in [0.25, 0.3) is 0 Å². The SMILES string of the molecule is CC1(C(=O)O)CC(C2CCOCC2)CN1. The van der Waals surface area contributed by atoms with Crippen LogP contribution in [-0.4, -0.2) is 36.4 Å². The Kier molecular flexibility index (Phi) is 2.98. The number of aliphatic carboxylic acids is 1. The molecule has 0 bridgehead atoms. The minimum Gasteiger partial charge on any atom is -0.480 e. The highest BCUT2D eigenvalue weighted by molar-refractivity contribution is 5.78. The second-order valence-electron chi connectivity index (χ2n) is 4.93. The lowest BCUT2D eigenvalue weighted by Crippen LogP contribution is -2.44. The number of ether oxygens (including phenoxy) is 1. The van der Waals surface area contributed by atoms with Crippen LogP contribution in [0.4, 0.5) is 0 Å². The zero-order valence-electron chi connectivity index (χ0n) is 9.16. The molecule has 0 amide bonds.